The molecule has 0 spiro atoms. The Balaban J connectivity index is 2.25. The van der Waals surface area contributed by atoms with Crippen molar-refractivity contribution >= 4 is 15.7 Å². The molecule has 1 aromatic carbocycles. The summed E-state index contributed by atoms with van der Waals surface area (Å²) in [4.78, 5) is 0.340. The number of sulfonamides is 1. The van der Waals surface area contributed by atoms with Gasteiger partial charge in [-0.25, -0.2) is 13.1 Å². The summed E-state index contributed by atoms with van der Waals surface area (Å²) in [7, 11) is -3.51. The third-order valence-corrected chi connectivity index (χ3v) is 6.65. The van der Waals surface area contributed by atoms with Crippen molar-refractivity contribution in [3.05, 3.63) is 23.3 Å². The normalized spacial score (nSPS) is 18.0. The SMILES string of the molecule is CCC1(CNS(=O)(=O)c2c(C)ccc(N)c2C)CCCC1. The van der Waals surface area contributed by atoms with Crippen molar-refractivity contribution in [3.8, 4) is 0 Å². The maximum atomic E-state index is 12.7. The van der Waals surface area contributed by atoms with E-state index in [1.807, 2.05) is 6.92 Å². The van der Waals surface area contributed by atoms with Gasteiger partial charge in [-0.2, -0.15) is 0 Å². The van der Waals surface area contributed by atoms with E-state index in [0.29, 0.717) is 22.7 Å². The van der Waals surface area contributed by atoms with Gasteiger partial charge < -0.3 is 5.73 Å². The molecule has 0 amide bonds. The van der Waals surface area contributed by atoms with Crippen LogP contribution in [0.25, 0.3) is 0 Å². The van der Waals surface area contributed by atoms with E-state index >= 15 is 0 Å². The van der Waals surface area contributed by atoms with E-state index in [4.69, 9.17) is 5.73 Å². The van der Waals surface area contributed by atoms with Crippen LogP contribution in [-0.2, 0) is 10.0 Å². The number of hydrogen-bond acceptors (Lipinski definition) is 3. The number of hydrogen-bond donors (Lipinski definition) is 2. The van der Waals surface area contributed by atoms with Gasteiger partial charge in [0.05, 0.1) is 4.90 Å². The number of nitrogen functional groups attached to an aromatic ring is 1. The summed E-state index contributed by atoms with van der Waals surface area (Å²) in [6, 6.07) is 3.52. The predicted octanol–water partition coefficient (Wildman–Crippen LogP) is 3.13. The molecule has 1 aliphatic rings. The van der Waals surface area contributed by atoms with E-state index in [9.17, 15) is 8.42 Å². The summed E-state index contributed by atoms with van der Waals surface area (Å²) in [6.07, 6.45) is 5.64. The lowest BCUT2D eigenvalue weighted by molar-refractivity contribution is 0.285. The Morgan fingerprint density at radius 1 is 1.24 bits per heavy atom. The number of nitrogens with two attached hydrogens (primary N) is 1. The highest BCUT2D eigenvalue weighted by molar-refractivity contribution is 7.89. The summed E-state index contributed by atoms with van der Waals surface area (Å²) < 4.78 is 28.2. The fourth-order valence-electron chi connectivity index (χ4n) is 3.36. The summed E-state index contributed by atoms with van der Waals surface area (Å²) in [6.45, 7) is 6.25. The van der Waals surface area contributed by atoms with Crippen LogP contribution in [0.15, 0.2) is 17.0 Å². The Kier molecular flexibility index (Phi) is 4.63. The zero-order valence-corrected chi connectivity index (χ0v) is 14.0. The molecule has 1 saturated carbocycles. The molecule has 21 heavy (non-hydrogen) atoms. The van der Waals surface area contributed by atoms with Gasteiger partial charge in [0.1, 0.15) is 0 Å². The minimum Gasteiger partial charge on any atom is -0.398 e. The fraction of sp³-hybridized carbons (Fsp3) is 0.625. The maximum Gasteiger partial charge on any atom is 0.241 e. The lowest BCUT2D eigenvalue weighted by Gasteiger charge is -2.28. The molecule has 118 valence electrons. The quantitative estimate of drug-likeness (QED) is 0.821. The van der Waals surface area contributed by atoms with Crippen molar-refractivity contribution in [1.29, 1.82) is 0 Å². The molecule has 3 N–H and O–H groups in total. The van der Waals surface area contributed by atoms with Crippen molar-refractivity contribution in [2.24, 2.45) is 5.41 Å². The second-order valence-electron chi connectivity index (χ2n) is 6.31. The van der Waals surface area contributed by atoms with Crippen molar-refractivity contribution in [2.75, 3.05) is 12.3 Å². The molecule has 1 aromatic rings. The topological polar surface area (TPSA) is 72.2 Å². The first-order valence-corrected chi connectivity index (χ1v) is 9.15. The molecule has 0 aliphatic heterocycles. The van der Waals surface area contributed by atoms with Gasteiger partial charge in [-0.1, -0.05) is 25.8 Å². The van der Waals surface area contributed by atoms with E-state index in [1.54, 1.807) is 19.1 Å². The number of anilines is 1. The average molecular weight is 310 g/mol. The van der Waals surface area contributed by atoms with Crippen molar-refractivity contribution in [1.82, 2.24) is 4.72 Å². The van der Waals surface area contributed by atoms with Crippen LogP contribution in [0.2, 0.25) is 0 Å². The van der Waals surface area contributed by atoms with E-state index < -0.39 is 10.0 Å². The highest BCUT2D eigenvalue weighted by Gasteiger charge is 2.33. The first-order chi connectivity index (χ1) is 9.81. The zero-order valence-electron chi connectivity index (χ0n) is 13.2. The average Bonchev–Trinajstić information content (AvgIpc) is 2.91. The van der Waals surface area contributed by atoms with Crippen LogP contribution >= 0.6 is 0 Å². The lowest BCUT2D eigenvalue weighted by atomic mass is 9.84. The molecule has 0 atom stereocenters. The molecule has 0 bridgehead atoms. The molecular formula is C16H26N2O2S. The van der Waals surface area contributed by atoms with Crippen LogP contribution in [-0.4, -0.2) is 15.0 Å². The smallest absolute Gasteiger partial charge is 0.241 e. The second-order valence-corrected chi connectivity index (χ2v) is 8.01. The molecule has 0 aromatic heterocycles. The van der Waals surface area contributed by atoms with Crippen molar-refractivity contribution in [3.63, 3.8) is 0 Å². The largest absolute Gasteiger partial charge is 0.398 e. The van der Waals surface area contributed by atoms with Gasteiger partial charge in [0, 0.05) is 12.2 Å². The third kappa shape index (κ3) is 3.24. The van der Waals surface area contributed by atoms with E-state index in [2.05, 4.69) is 11.6 Å². The number of benzene rings is 1. The maximum absolute atomic E-state index is 12.7. The second kappa shape index (κ2) is 5.97. The van der Waals surface area contributed by atoms with Crippen LogP contribution in [0, 0.1) is 19.3 Å². The van der Waals surface area contributed by atoms with Gasteiger partial charge >= 0.3 is 0 Å². The Morgan fingerprint density at radius 2 is 1.86 bits per heavy atom. The molecule has 5 heteroatoms. The van der Waals surface area contributed by atoms with Crippen LogP contribution in [0.1, 0.15) is 50.2 Å². The van der Waals surface area contributed by atoms with Gasteiger partial charge in [-0.3, -0.25) is 0 Å². The highest BCUT2D eigenvalue weighted by atomic mass is 32.2. The van der Waals surface area contributed by atoms with Crippen LogP contribution in [0.3, 0.4) is 0 Å². The molecule has 0 heterocycles. The number of nitrogens with one attached hydrogen (secondary N) is 1. The zero-order chi connectivity index (χ0) is 15.7. The van der Waals surface area contributed by atoms with Gasteiger partial charge in [0.2, 0.25) is 10.0 Å². The molecule has 0 radical (unpaired) electrons. The van der Waals surface area contributed by atoms with Crippen LogP contribution < -0.4 is 10.5 Å². The standard InChI is InChI=1S/C16H26N2O2S/c1-4-16(9-5-6-10-16)11-18-21(19,20)15-12(2)7-8-14(17)13(15)3/h7-8,18H,4-6,9-11,17H2,1-3H3. The third-order valence-electron chi connectivity index (χ3n) is 4.96. The van der Waals surface area contributed by atoms with Gasteiger partial charge in [-0.15, -0.1) is 0 Å². The monoisotopic (exact) mass is 310 g/mol. The Bertz CT molecular complexity index is 617. The first-order valence-electron chi connectivity index (χ1n) is 7.67. The minimum atomic E-state index is -3.51. The summed E-state index contributed by atoms with van der Waals surface area (Å²) >= 11 is 0. The molecule has 0 saturated heterocycles. The Labute approximate surface area is 128 Å². The fourth-order valence-corrected chi connectivity index (χ4v) is 5.01. The summed E-state index contributed by atoms with van der Waals surface area (Å²) in [5, 5.41) is 0. The Morgan fingerprint density at radius 3 is 2.43 bits per heavy atom. The number of rotatable bonds is 5. The summed E-state index contributed by atoms with van der Waals surface area (Å²) in [5.41, 5.74) is 7.90. The summed E-state index contributed by atoms with van der Waals surface area (Å²) in [5.74, 6) is 0. The molecule has 2 rings (SSSR count). The van der Waals surface area contributed by atoms with Crippen LogP contribution in [0.5, 0.6) is 0 Å². The lowest BCUT2D eigenvalue weighted by Crippen LogP contribution is -2.36. The molecule has 0 unspecified atom stereocenters. The van der Waals surface area contributed by atoms with Crippen molar-refractivity contribution < 1.29 is 8.42 Å². The predicted molar refractivity (Wildman–Crippen MR) is 86.7 cm³/mol. The van der Waals surface area contributed by atoms with E-state index in [-0.39, 0.29) is 5.41 Å². The Hall–Kier alpha value is -1.07. The van der Waals surface area contributed by atoms with Gasteiger partial charge in [0.25, 0.3) is 0 Å². The minimum absolute atomic E-state index is 0.134. The number of aryl methyl sites for hydroxylation is 1. The molecule has 4 nitrogen and oxygen atoms in total. The van der Waals surface area contributed by atoms with Gasteiger partial charge in [-0.05, 0) is 55.7 Å². The highest BCUT2D eigenvalue weighted by Crippen LogP contribution is 2.40. The molecular weight excluding hydrogens is 284 g/mol. The van der Waals surface area contributed by atoms with E-state index in [1.165, 1.54) is 12.8 Å². The van der Waals surface area contributed by atoms with Crippen molar-refractivity contribution in [2.45, 2.75) is 57.8 Å². The molecule has 1 aliphatic carbocycles. The molecule has 1 fully saturated rings. The van der Waals surface area contributed by atoms with Gasteiger partial charge in [0.15, 0.2) is 0 Å². The van der Waals surface area contributed by atoms with E-state index in [0.717, 1.165) is 24.8 Å². The first kappa shape index (κ1) is 16.3. The van der Waals surface area contributed by atoms with Crippen LogP contribution in [0.4, 0.5) is 5.69 Å².